The second kappa shape index (κ2) is 5.74. The number of hydrogen-bond acceptors (Lipinski definition) is 4. The average molecular weight is 269 g/mol. The van der Waals surface area contributed by atoms with Crippen LogP contribution in [0.5, 0.6) is 17.2 Å². The fourth-order valence-corrected chi connectivity index (χ4v) is 1.84. The van der Waals surface area contributed by atoms with Crippen LogP contribution >= 0.6 is 0 Å². The van der Waals surface area contributed by atoms with E-state index in [1.165, 1.54) is 19.0 Å². The van der Waals surface area contributed by atoms with Crippen LogP contribution in [-0.2, 0) is 0 Å². The first-order valence-electron chi connectivity index (χ1n) is 6.65. The molecule has 0 saturated heterocycles. The van der Waals surface area contributed by atoms with E-state index in [-0.39, 0.29) is 0 Å². The van der Waals surface area contributed by atoms with Gasteiger partial charge in [0.05, 0.1) is 12.2 Å². The summed E-state index contributed by atoms with van der Waals surface area (Å²) in [6.07, 6.45) is 6.29. The van der Waals surface area contributed by atoms with Crippen molar-refractivity contribution in [2.45, 2.75) is 12.8 Å². The lowest BCUT2D eigenvalue weighted by Gasteiger charge is -2.12. The van der Waals surface area contributed by atoms with Crippen molar-refractivity contribution in [1.82, 2.24) is 4.98 Å². The van der Waals surface area contributed by atoms with Gasteiger partial charge in [0, 0.05) is 12.4 Å². The average Bonchev–Trinajstić information content (AvgIpc) is 3.31. The highest BCUT2D eigenvalue weighted by atomic mass is 16.5. The first-order valence-corrected chi connectivity index (χ1v) is 6.65. The van der Waals surface area contributed by atoms with Crippen LogP contribution in [0.3, 0.4) is 0 Å². The van der Waals surface area contributed by atoms with Gasteiger partial charge in [-0.25, -0.2) is 0 Å². The Morgan fingerprint density at radius 2 is 1.95 bits per heavy atom. The smallest absolute Gasteiger partial charge is 0.169 e. The van der Waals surface area contributed by atoms with Crippen LogP contribution in [0.2, 0.25) is 0 Å². The lowest BCUT2D eigenvalue weighted by Crippen LogP contribution is -2.01. The SMILES string of the molecule is O=Cc1cnccc1Oc1ccccc1OCC1CC1. The Labute approximate surface area is 117 Å². The van der Waals surface area contributed by atoms with Crippen LogP contribution in [0.15, 0.2) is 42.7 Å². The van der Waals surface area contributed by atoms with Crippen LogP contribution in [0.4, 0.5) is 0 Å². The number of hydrogen-bond donors (Lipinski definition) is 0. The molecule has 1 fully saturated rings. The van der Waals surface area contributed by atoms with Crippen molar-refractivity contribution >= 4 is 6.29 Å². The number of benzene rings is 1. The summed E-state index contributed by atoms with van der Waals surface area (Å²) in [6.45, 7) is 0.720. The van der Waals surface area contributed by atoms with E-state index in [4.69, 9.17) is 9.47 Å². The summed E-state index contributed by atoms with van der Waals surface area (Å²) in [7, 11) is 0. The minimum absolute atomic E-state index is 0.421. The lowest BCUT2D eigenvalue weighted by molar-refractivity contribution is 0.112. The van der Waals surface area contributed by atoms with Crippen molar-refractivity contribution < 1.29 is 14.3 Å². The molecule has 1 aliphatic rings. The molecule has 0 radical (unpaired) electrons. The minimum Gasteiger partial charge on any atom is -0.489 e. The Morgan fingerprint density at radius 1 is 1.15 bits per heavy atom. The van der Waals surface area contributed by atoms with Gasteiger partial charge in [-0.15, -0.1) is 0 Å². The normalized spacial score (nSPS) is 13.8. The number of rotatable bonds is 6. The molecule has 102 valence electrons. The molecule has 2 aromatic rings. The number of pyridine rings is 1. The monoisotopic (exact) mass is 269 g/mol. The molecular formula is C16H15NO3. The summed E-state index contributed by atoms with van der Waals surface area (Å²) >= 11 is 0. The standard InChI is InChI=1S/C16H15NO3/c18-10-13-9-17-8-7-14(13)20-16-4-2-1-3-15(16)19-11-12-5-6-12/h1-4,7-10,12H,5-6,11H2. The van der Waals surface area contributed by atoms with Gasteiger partial charge in [0.2, 0.25) is 0 Å². The lowest BCUT2D eigenvalue weighted by atomic mass is 10.2. The van der Waals surface area contributed by atoms with Crippen molar-refractivity contribution in [3.63, 3.8) is 0 Å². The molecule has 1 heterocycles. The summed E-state index contributed by atoms with van der Waals surface area (Å²) in [6, 6.07) is 9.15. The molecule has 0 spiro atoms. The molecule has 1 aromatic heterocycles. The van der Waals surface area contributed by atoms with E-state index in [1.54, 1.807) is 12.3 Å². The highest BCUT2D eigenvalue weighted by molar-refractivity contribution is 5.78. The van der Waals surface area contributed by atoms with E-state index < -0.39 is 0 Å². The van der Waals surface area contributed by atoms with E-state index in [1.807, 2.05) is 24.3 Å². The summed E-state index contributed by atoms with van der Waals surface area (Å²) in [4.78, 5) is 14.9. The van der Waals surface area contributed by atoms with Gasteiger partial charge in [0.25, 0.3) is 0 Å². The number of carbonyl (C=O) groups excluding carboxylic acids is 1. The fourth-order valence-electron chi connectivity index (χ4n) is 1.84. The quantitative estimate of drug-likeness (QED) is 0.753. The van der Waals surface area contributed by atoms with E-state index in [9.17, 15) is 4.79 Å². The molecule has 1 saturated carbocycles. The molecule has 20 heavy (non-hydrogen) atoms. The molecule has 4 heteroatoms. The second-order valence-electron chi connectivity index (χ2n) is 4.83. The van der Waals surface area contributed by atoms with Crippen molar-refractivity contribution in [3.05, 3.63) is 48.3 Å². The molecular weight excluding hydrogens is 254 g/mol. The highest BCUT2D eigenvalue weighted by Gasteiger charge is 2.22. The predicted octanol–water partition coefficient (Wildman–Crippen LogP) is 3.48. The van der Waals surface area contributed by atoms with Gasteiger partial charge in [-0.3, -0.25) is 9.78 Å². The van der Waals surface area contributed by atoms with E-state index in [0.717, 1.165) is 12.9 Å². The maximum atomic E-state index is 11.0. The number of carbonyl (C=O) groups is 1. The van der Waals surface area contributed by atoms with Crippen LogP contribution < -0.4 is 9.47 Å². The van der Waals surface area contributed by atoms with Crippen LogP contribution in [0.25, 0.3) is 0 Å². The minimum atomic E-state index is 0.421. The number of aromatic nitrogens is 1. The number of ether oxygens (including phenoxy) is 2. The predicted molar refractivity (Wildman–Crippen MR) is 74.4 cm³/mol. The molecule has 1 aromatic carbocycles. The van der Waals surface area contributed by atoms with Crippen LogP contribution in [0.1, 0.15) is 23.2 Å². The molecule has 0 bridgehead atoms. The molecule has 0 unspecified atom stereocenters. The summed E-state index contributed by atoms with van der Waals surface area (Å²) in [5.41, 5.74) is 0.421. The zero-order chi connectivity index (χ0) is 13.8. The third-order valence-corrected chi connectivity index (χ3v) is 3.18. The Bertz CT molecular complexity index is 608. The van der Waals surface area contributed by atoms with Gasteiger partial charge in [-0.2, -0.15) is 0 Å². The van der Waals surface area contributed by atoms with Crippen molar-refractivity contribution in [2.24, 2.45) is 5.92 Å². The van der Waals surface area contributed by atoms with E-state index >= 15 is 0 Å². The van der Waals surface area contributed by atoms with Crippen molar-refractivity contribution in [3.8, 4) is 17.2 Å². The van der Waals surface area contributed by atoms with Crippen LogP contribution in [0, 0.1) is 5.92 Å². The Kier molecular flexibility index (Phi) is 3.63. The molecule has 3 rings (SSSR count). The maximum Gasteiger partial charge on any atom is 0.169 e. The first kappa shape index (κ1) is 12.7. The molecule has 0 atom stereocenters. The van der Waals surface area contributed by atoms with E-state index in [2.05, 4.69) is 4.98 Å². The van der Waals surface area contributed by atoms with Crippen molar-refractivity contribution in [1.29, 1.82) is 0 Å². The van der Waals surface area contributed by atoms with Gasteiger partial charge in [0.1, 0.15) is 5.75 Å². The second-order valence-corrected chi connectivity index (χ2v) is 4.83. The summed E-state index contributed by atoms with van der Waals surface area (Å²) in [5, 5.41) is 0. The van der Waals surface area contributed by atoms with Gasteiger partial charge >= 0.3 is 0 Å². The zero-order valence-corrected chi connectivity index (χ0v) is 11.0. The van der Waals surface area contributed by atoms with Gasteiger partial charge in [-0.05, 0) is 37.0 Å². The number of para-hydroxylation sites is 2. The largest absolute Gasteiger partial charge is 0.489 e. The molecule has 4 nitrogen and oxygen atoms in total. The molecule has 0 N–H and O–H groups in total. The summed E-state index contributed by atoms with van der Waals surface area (Å²) in [5.74, 6) is 2.47. The molecule has 1 aliphatic carbocycles. The number of nitrogens with zero attached hydrogens (tertiary/aromatic N) is 1. The van der Waals surface area contributed by atoms with E-state index in [0.29, 0.717) is 28.7 Å². The Morgan fingerprint density at radius 3 is 2.70 bits per heavy atom. The Hall–Kier alpha value is -2.36. The van der Waals surface area contributed by atoms with Gasteiger partial charge in [-0.1, -0.05) is 12.1 Å². The molecule has 0 aliphatic heterocycles. The molecule has 0 amide bonds. The maximum absolute atomic E-state index is 11.0. The van der Waals surface area contributed by atoms with Gasteiger partial charge < -0.3 is 9.47 Å². The highest BCUT2D eigenvalue weighted by Crippen LogP contribution is 2.35. The fraction of sp³-hybridized carbons (Fsp3) is 0.250. The number of aldehydes is 1. The Balaban J connectivity index is 1.80. The summed E-state index contributed by atoms with van der Waals surface area (Å²) < 4.78 is 11.6. The third kappa shape index (κ3) is 2.96. The van der Waals surface area contributed by atoms with Gasteiger partial charge in [0.15, 0.2) is 17.8 Å². The van der Waals surface area contributed by atoms with Crippen molar-refractivity contribution in [2.75, 3.05) is 6.61 Å². The van der Waals surface area contributed by atoms with Crippen LogP contribution in [-0.4, -0.2) is 17.9 Å². The first-order chi connectivity index (χ1) is 9.86. The third-order valence-electron chi connectivity index (χ3n) is 3.18. The topological polar surface area (TPSA) is 48.4 Å². The zero-order valence-electron chi connectivity index (χ0n) is 11.0.